The second-order valence-electron chi connectivity index (χ2n) is 5.43. The number of carbonyl (C=O) groups is 1. The standard InChI is InChI=1S/C16H14FN5O3S/c1-26(24,25)14-5-3-2-4-13(14)16(23)18-10-15-19-20-21-22(15)12-8-6-11(17)7-9-12/h2-9H,10H2,1H3,(H,18,23). The summed E-state index contributed by atoms with van der Waals surface area (Å²) in [5, 5.41) is 13.8. The number of amides is 1. The van der Waals surface area contributed by atoms with Crippen molar-refractivity contribution in [1.29, 1.82) is 0 Å². The van der Waals surface area contributed by atoms with Crippen LogP contribution in [0.25, 0.3) is 5.69 Å². The first-order valence-corrected chi connectivity index (χ1v) is 9.36. The van der Waals surface area contributed by atoms with E-state index in [2.05, 4.69) is 20.8 Å². The molecule has 0 fully saturated rings. The Hall–Kier alpha value is -3.14. The molecular weight excluding hydrogens is 361 g/mol. The second-order valence-corrected chi connectivity index (χ2v) is 7.42. The van der Waals surface area contributed by atoms with Gasteiger partial charge >= 0.3 is 0 Å². The van der Waals surface area contributed by atoms with Gasteiger partial charge in [0.05, 0.1) is 22.7 Å². The van der Waals surface area contributed by atoms with Gasteiger partial charge in [0.15, 0.2) is 15.7 Å². The molecule has 10 heteroatoms. The van der Waals surface area contributed by atoms with E-state index in [4.69, 9.17) is 0 Å². The molecule has 3 aromatic rings. The number of benzene rings is 2. The number of halogens is 1. The third-order valence-electron chi connectivity index (χ3n) is 3.54. The summed E-state index contributed by atoms with van der Waals surface area (Å²) in [6.07, 6.45) is 1.04. The fourth-order valence-electron chi connectivity index (χ4n) is 2.33. The van der Waals surface area contributed by atoms with Gasteiger partial charge in [-0.15, -0.1) is 5.10 Å². The van der Waals surface area contributed by atoms with Crippen LogP contribution in [-0.4, -0.2) is 40.8 Å². The van der Waals surface area contributed by atoms with Crippen LogP contribution in [-0.2, 0) is 16.4 Å². The van der Waals surface area contributed by atoms with E-state index in [1.807, 2.05) is 0 Å². The van der Waals surface area contributed by atoms with E-state index in [0.29, 0.717) is 11.5 Å². The number of sulfone groups is 1. The van der Waals surface area contributed by atoms with Crippen LogP contribution < -0.4 is 5.32 Å². The van der Waals surface area contributed by atoms with Crippen LogP contribution in [0.3, 0.4) is 0 Å². The van der Waals surface area contributed by atoms with Crippen molar-refractivity contribution in [2.24, 2.45) is 0 Å². The van der Waals surface area contributed by atoms with Crippen molar-refractivity contribution < 1.29 is 17.6 Å². The van der Waals surface area contributed by atoms with Crippen LogP contribution in [0.5, 0.6) is 0 Å². The van der Waals surface area contributed by atoms with Gasteiger partial charge in [0.2, 0.25) is 0 Å². The summed E-state index contributed by atoms with van der Waals surface area (Å²) in [7, 11) is -3.55. The third kappa shape index (κ3) is 3.75. The van der Waals surface area contributed by atoms with Gasteiger partial charge in [-0.1, -0.05) is 12.1 Å². The summed E-state index contributed by atoms with van der Waals surface area (Å²) < 4.78 is 38.0. The Morgan fingerprint density at radius 1 is 1.15 bits per heavy atom. The molecule has 1 amide bonds. The van der Waals surface area contributed by atoms with Gasteiger partial charge in [-0.2, -0.15) is 4.68 Å². The van der Waals surface area contributed by atoms with E-state index in [1.54, 1.807) is 12.1 Å². The number of hydrogen-bond acceptors (Lipinski definition) is 6. The summed E-state index contributed by atoms with van der Waals surface area (Å²) in [5.74, 6) is -0.657. The summed E-state index contributed by atoms with van der Waals surface area (Å²) in [6, 6.07) is 11.4. The first-order valence-electron chi connectivity index (χ1n) is 7.47. The Bertz CT molecular complexity index is 1050. The van der Waals surface area contributed by atoms with Crippen molar-refractivity contribution in [3.63, 3.8) is 0 Å². The Morgan fingerprint density at radius 3 is 2.54 bits per heavy atom. The van der Waals surface area contributed by atoms with Gasteiger partial charge in [-0.25, -0.2) is 12.8 Å². The van der Waals surface area contributed by atoms with E-state index < -0.39 is 21.6 Å². The molecule has 0 saturated heterocycles. The van der Waals surface area contributed by atoms with E-state index in [1.165, 1.54) is 41.1 Å². The summed E-state index contributed by atoms with van der Waals surface area (Å²) in [6.45, 7) is -0.0404. The van der Waals surface area contributed by atoms with Crippen LogP contribution in [0.1, 0.15) is 16.2 Å². The molecule has 0 atom stereocenters. The van der Waals surface area contributed by atoms with Gasteiger partial charge in [-0.05, 0) is 46.8 Å². The van der Waals surface area contributed by atoms with E-state index in [0.717, 1.165) is 6.26 Å². The molecular formula is C16H14FN5O3S. The number of nitrogens with one attached hydrogen (secondary N) is 1. The summed E-state index contributed by atoms with van der Waals surface area (Å²) >= 11 is 0. The maximum atomic E-state index is 13.0. The molecule has 8 nitrogen and oxygen atoms in total. The van der Waals surface area contributed by atoms with Crippen molar-refractivity contribution in [2.45, 2.75) is 11.4 Å². The third-order valence-corrected chi connectivity index (χ3v) is 4.70. The number of aromatic nitrogens is 4. The van der Waals surface area contributed by atoms with Crippen LogP contribution in [0.4, 0.5) is 4.39 Å². The highest BCUT2D eigenvalue weighted by atomic mass is 32.2. The average molecular weight is 375 g/mol. The zero-order valence-electron chi connectivity index (χ0n) is 13.6. The van der Waals surface area contributed by atoms with Gasteiger partial charge in [0, 0.05) is 6.26 Å². The van der Waals surface area contributed by atoms with E-state index in [9.17, 15) is 17.6 Å². The minimum Gasteiger partial charge on any atom is -0.345 e. The van der Waals surface area contributed by atoms with Gasteiger partial charge < -0.3 is 5.32 Å². The molecule has 1 heterocycles. The Morgan fingerprint density at radius 2 is 1.85 bits per heavy atom. The Labute approximate surface area is 148 Å². The maximum Gasteiger partial charge on any atom is 0.252 e. The first kappa shape index (κ1) is 17.7. The smallest absolute Gasteiger partial charge is 0.252 e. The molecule has 0 aliphatic heterocycles. The van der Waals surface area contributed by atoms with Crippen LogP contribution in [0.2, 0.25) is 0 Å². The number of hydrogen-bond donors (Lipinski definition) is 1. The second kappa shape index (κ2) is 7.00. The fraction of sp³-hybridized carbons (Fsp3) is 0.125. The first-order chi connectivity index (χ1) is 12.4. The molecule has 1 aromatic heterocycles. The molecule has 1 N–H and O–H groups in total. The minimum absolute atomic E-state index is 0.0378. The highest BCUT2D eigenvalue weighted by molar-refractivity contribution is 7.90. The van der Waals surface area contributed by atoms with Crippen molar-refractivity contribution >= 4 is 15.7 Å². The zero-order valence-corrected chi connectivity index (χ0v) is 14.4. The molecule has 0 aliphatic rings. The molecule has 0 spiro atoms. The summed E-state index contributed by atoms with van der Waals surface area (Å²) in [4.78, 5) is 12.3. The van der Waals surface area contributed by atoms with Crippen LogP contribution in [0.15, 0.2) is 53.4 Å². The topological polar surface area (TPSA) is 107 Å². The van der Waals surface area contributed by atoms with Crippen LogP contribution in [0, 0.1) is 5.82 Å². The number of carbonyl (C=O) groups excluding carboxylic acids is 1. The molecule has 0 radical (unpaired) electrons. The van der Waals surface area contributed by atoms with Crippen molar-refractivity contribution in [3.8, 4) is 5.69 Å². The molecule has 0 saturated carbocycles. The number of rotatable bonds is 5. The van der Waals surface area contributed by atoms with Crippen molar-refractivity contribution in [3.05, 3.63) is 65.7 Å². The van der Waals surface area contributed by atoms with Gasteiger partial charge in [-0.3, -0.25) is 4.79 Å². The molecule has 134 valence electrons. The lowest BCUT2D eigenvalue weighted by atomic mass is 10.2. The lowest BCUT2D eigenvalue weighted by Gasteiger charge is -2.09. The summed E-state index contributed by atoms with van der Waals surface area (Å²) in [5.41, 5.74) is 0.563. The largest absolute Gasteiger partial charge is 0.345 e. The fourth-order valence-corrected chi connectivity index (χ4v) is 3.22. The molecule has 0 unspecified atom stereocenters. The highest BCUT2D eigenvalue weighted by Crippen LogP contribution is 2.15. The van der Waals surface area contributed by atoms with Gasteiger partial charge in [0.1, 0.15) is 5.82 Å². The van der Waals surface area contributed by atoms with E-state index >= 15 is 0 Å². The number of tetrazole rings is 1. The normalized spacial score (nSPS) is 11.3. The maximum absolute atomic E-state index is 13.0. The lowest BCUT2D eigenvalue weighted by molar-refractivity contribution is 0.0946. The Balaban J connectivity index is 1.80. The minimum atomic E-state index is -3.55. The lowest BCUT2D eigenvalue weighted by Crippen LogP contribution is -2.26. The molecule has 26 heavy (non-hydrogen) atoms. The SMILES string of the molecule is CS(=O)(=O)c1ccccc1C(=O)NCc1nnnn1-c1ccc(F)cc1. The highest BCUT2D eigenvalue weighted by Gasteiger charge is 2.18. The molecule has 0 bridgehead atoms. The van der Waals surface area contributed by atoms with Crippen LogP contribution >= 0.6 is 0 Å². The van der Waals surface area contributed by atoms with Crippen molar-refractivity contribution in [1.82, 2.24) is 25.5 Å². The monoisotopic (exact) mass is 375 g/mol. The predicted molar refractivity (Wildman–Crippen MR) is 89.8 cm³/mol. The van der Waals surface area contributed by atoms with Crippen molar-refractivity contribution in [2.75, 3.05) is 6.26 Å². The number of nitrogens with zero attached hydrogens (tertiary/aromatic N) is 4. The van der Waals surface area contributed by atoms with Gasteiger partial charge in [0.25, 0.3) is 5.91 Å². The zero-order chi connectivity index (χ0) is 18.7. The molecule has 2 aromatic carbocycles. The Kier molecular flexibility index (Phi) is 4.76. The molecule has 3 rings (SSSR count). The van der Waals surface area contributed by atoms with E-state index in [-0.39, 0.29) is 17.0 Å². The average Bonchev–Trinajstić information content (AvgIpc) is 3.08. The molecule has 0 aliphatic carbocycles. The predicted octanol–water partition coefficient (Wildman–Crippen LogP) is 1.13. The quantitative estimate of drug-likeness (QED) is 0.717.